The number of nitrogens with zero attached hydrogens (tertiary/aromatic N) is 3. The van der Waals surface area contributed by atoms with Gasteiger partial charge in [0.2, 0.25) is 5.95 Å². The second-order valence-electron chi connectivity index (χ2n) is 6.43. The molecule has 0 radical (unpaired) electrons. The third-order valence-corrected chi connectivity index (χ3v) is 4.47. The summed E-state index contributed by atoms with van der Waals surface area (Å²) in [4.78, 5) is 46.7. The number of aliphatic imine (C=N–C) groups is 1. The molecule has 2 N–H and O–H groups in total. The van der Waals surface area contributed by atoms with Crippen molar-refractivity contribution in [1.82, 2.24) is 9.97 Å². The average molecular weight is 389 g/mol. The van der Waals surface area contributed by atoms with Crippen LogP contribution in [0.25, 0.3) is 11.0 Å². The van der Waals surface area contributed by atoms with Crippen molar-refractivity contribution in [3.8, 4) is 0 Å². The molecule has 9 nitrogen and oxygen atoms in total. The number of nitrogens with one attached hydrogen (secondary N) is 2. The van der Waals surface area contributed by atoms with Crippen LogP contribution in [0.1, 0.15) is 33.6 Å². The fourth-order valence-electron chi connectivity index (χ4n) is 3.03. The van der Waals surface area contributed by atoms with E-state index in [0.717, 1.165) is 5.71 Å². The molecule has 0 aliphatic carbocycles. The molecule has 0 fully saturated rings. The molecule has 0 saturated heterocycles. The van der Waals surface area contributed by atoms with Crippen LogP contribution >= 0.6 is 0 Å². The number of hydrogen-bond acceptors (Lipinski definition) is 6. The van der Waals surface area contributed by atoms with Crippen molar-refractivity contribution in [1.29, 1.82) is 0 Å². The molecule has 3 aromatic rings. The second-order valence-corrected chi connectivity index (χ2v) is 6.43. The number of imidazole rings is 1. The topological polar surface area (TPSA) is 130 Å². The maximum Gasteiger partial charge on any atom is 0.269 e. The maximum atomic E-state index is 12.6. The quantitative estimate of drug-likeness (QED) is 0.377. The summed E-state index contributed by atoms with van der Waals surface area (Å²) in [6.45, 7) is 0. The normalized spacial score (nSPS) is 12.8. The van der Waals surface area contributed by atoms with Gasteiger partial charge in [-0.2, -0.15) is 0 Å². The lowest BCUT2D eigenvalue weighted by Gasteiger charge is -2.02. The average Bonchev–Trinajstić information content (AvgIpc) is 3.36. The molecule has 2 heterocycles. The highest BCUT2D eigenvalue weighted by Crippen LogP contribution is 2.22. The minimum absolute atomic E-state index is 0.0993. The van der Waals surface area contributed by atoms with Crippen molar-refractivity contribution in [3.63, 3.8) is 0 Å². The van der Waals surface area contributed by atoms with E-state index in [0.29, 0.717) is 23.0 Å². The number of H-pyrrole nitrogens is 1. The largest absolute Gasteiger partial charge is 0.324 e. The van der Waals surface area contributed by atoms with Crippen molar-refractivity contribution >= 4 is 40.1 Å². The Balaban J connectivity index is 1.55. The summed E-state index contributed by atoms with van der Waals surface area (Å²) < 4.78 is 0. The molecule has 144 valence electrons. The number of aromatic amines is 1. The van der Waals surface area contributed by atoms with Gasteiger partial charge < -0.3 is 4.98 Å². The number of non-ortho nitro benzene ring substituents is 1. The molecule has 1 aliphatic rings. The Kier molecular flexibility index (Phi) is 4.70. The summed E-state index contributed by atoms with van der Waals surface area (Å²) >= 11 is 0. The van der Waals surface area contributed by atoms with Gasteiger partial charge in [0, 0.05) is 48.0 Å². The smallest absolute Gasteiger partial charge is 0.269 e. The monoisotopic (exact) mass is 389 g/mol. The number of allylic oxidation sites excluding steroid dienone is 1. The molecule has 0 bridgehead atoms. The summed E-state index contributed by atoms with van der Waals surface area (Å²) in [7, 11) is 0. The number of rotatable bonds is 6. The summed E-state index contributed by atoms with van der Waals surface area (Å²) in [6, 6.07) is 10.4. The predicted octanol–water partition coefficient (Wildman–Crippen LogP) is 3.65. The standard InChI is InChI=1S/C20H15N5O4/c26-17(11-13-3-2-10-21-13)15-4-1-5-16-18(15)23-20(22-16)24-19(27)12-6-8-14(9-7-12)25(28)29/h1-2,4-10H,3,11H2,(H2,22,23,24,27). The van der Waals surface area contributed by atoms with Crippen LogP contribution in [-0.4, -0.2) is 32.3 Å². The number of Topliss-reactive ketones (excluding diaryl/α,β-unsaturated/α-hetero) is 1. The van der Waals surface area contributed by atoms with Gasteiger partial charge in [0.25, 0.3) is 11.6 Å². The van der Waals surface area contributed by atoms with Gasteiger partial charge in [-0.3, -0.25) is 30.0 Å². The number of nitro benzene ring substituents is 1. The van der Waals surface area contributed by atoms with Gasteiger partial charge >= 0.3 is 0 Å². The third-order valence-electron chi connectivity index (χ3n) is 4.47. The van der Waals surface area contributed by atoms with Crippen molar-refractivity contribution < 1.29 is 14.5 Å². The zero-order valence-electron chi connectivity index (χ0n) is 15.1. The molecular formula is C20H15N5O4. The lowest BCUT2D eigenvalue weighted by atomic mass is 10.0. The van der Waals surface area contributed by atoms with Crippen molar-refractivity contribution in [2.24, 2.45) is 4.99 Å². The number of aromatic nitrogens is 2. The number of carbonyl (C=O) groups is 2. The molecule has 4 rings (SSSR count). The van der Waals surface area contributed by atoms with Gasteiger partial charge in [0.1, 0.15) is 5.52 Å². The van der Waals surface area contributed by atoms with Crippen molar-refractivity contribution in [2.75, 3.05) is 5.32 Å². The maximum absolute atomic E-state index is 12.6. The van der Waals surface area contributed by atoms with Gasteiger partial charge in [0.15, 0.2) is 5.78 Å². The number of amides is 1. The Morgan fingerprint density at radius 3 is 2.66 bits per heavy atom. The molecule has 2 aromatic carbocycles. The first-order valence-electron chi connectivity index (χ1n) is 8.79. The number of anilines is 1. The van der Waals surface area contributed by atoms with E-state index >= 15 is 0 Å². The Hall–Kier alpha value is -4.14. The summed E-state index contributed by atoms with van der Waals surface area (Å²) in [6.07, 6.45) is 4.45. The predicted molar refractivity (Wildman–Crippen MR) is 107 cm³/mol. The molecular weight excluding hydrogens is 374 g/mol. The number of carbonyl (C=O) groups excluding carboxylic acids is 2. The van der Waals surface area contributed by atoms with E-state index in [1.54, 1.807) is 24.4 Å². The number of hydrogen-bond donors (Lipinski definition) is 2. The fourth-order valence-corrected chi connectivity index (χ4v) is 3.03. The minimum Gasteiger partial charge on any atom is -0.324 e. The molecule has 0 unspecified atom stereocenters. The van der Waals surface area contributed by atoms with Crippen LogP contribution in [-0.2, 0) is 0 Å². The van der Waals surface area contributed by atoms with Crippen LogP contribution in [0.5, 0.6) is 0 Å². The molecule has 1 amide bonds. The Bertz CT molecular complexity index is 1190. The first-order chi connectivity index (χ1) is 14.0. The summed E-state index contributed by atoms with van der Waals surface area (Å²) in [5.74, 6) is -0.389. The van der Waals surface area contributed by atoms with Crippen molar-refractivity contribution in [2.45, 2.75) is 12.8 Å². The minimum atomic E-state index is -0.535. The van der Waals surface area contributed by atoms with E-state index in [1.807, 2.05) is 6.08 Å². The van der Waals surface area contributed by atoms with Crippen molar-refractivity contribution in [3.05, 3.63) is 76.0 Å². The summed E-state index contributed by atoms with van der Waals surface area (Å²) in [5, 5.41) is 13.3. The molecule has 0 saturated carbocycles. The van der Waals surface area contributed by atoms with Gasteiger partial charge in [0.05, 0.1) is 10.4 Å². The zero-order chi connectivity index (χ0) is 20.4. The molecule has 9 heteroatoms. The number of benzene rings is 2. The van der Waals surface area contributed by atoms with E-state index in [4.69, 9.17) is 0 Å². The second kappa shape index (κ2) is 7.47. The number of ketones is 1. The third kappa shape index (κ3) is 3.79. The molecule has 1 aliphatic heterocycles. The number of nitro groups is 1. The highest BCUT2D eigenvalue weighted by Gasteiger charge is 2.17. The van der Waals surface area contributed by atoms with Gasteiger partial charge in [-0.25, -0.2) is 4.98 Å². The molecule has 0 atom stereocenters. The van der Waals surface area contributed by atoms with Gasteiger partial charge in [-0.15, -0.1) is 0 Å². The van der Waals surface area contributed by atoms with E-state index in [2.05, 4.69) is 20.3 Å². The molecule has 1 aromatic heterocycles. The summed E-state index contributed by atoms with van der Waals surface area (Å²) in [5.41, 5.74) is 2.47. The lowest BCUT2D eigenvalue weighted by Crippen LogP contribution is -2.12. The zero-order valence-corrected chi connectivity index (χ0v) is 15.1. The highest BCUT2D eigenvalue weighted by molar-refractivity contribution is 6.15. The van der Waals surface area contributed by atoms with Crippen LogP contribution in [0, 0.1) is 10.1 Å². The number of fused-ring (bicyclic) bond motifs is 1. The Labute approximate surface area is 164 Å². The van der Waals surface area contributed by atoms with Crippen LogP contribution in [0.3, 0.4) is 0 Å². The van der Waals surface area contributed by atoms with Crippen LogP contribution in [0.2, 0.25) is 0 Å². The van der Waals surface area contributed by atoms with Crippen LogP contribution in [0.15, 0.2) is 59.7 Å². The van der Waals surface area contributed by atoms with Gasteiger partial charge in [-0.05, 0) is 24.3 Å². The van der Waals surface area contributed by atoms with Crippen LogP contribution in [0.4, 0.5) is 11.6 Å². The molecule has 29 heavy (non-hydrogen) atoms. The lowest BCUT2D eigenvalue weighted by molar-refractivity contribution is -0.384. The van der Waals surface area contributed by atoms with E-state index in [-0.39, 0.29) is 29.4 Å². The Morgan fingerprint density at radius 1 is 1.17 bits per heavy atom. The highest BCUT2D eigenvalue weighted by atomic mass is 16.6. The fraction of sp³-hybridized carbons (Fsp3) is 0.100. The Morgan fingerprint density at radius 2 is 1.97 bits per heavy atom. The SMILES string of the molecule is O=C(Nc1nc2c(C(=O)CC3=NC=CC3)cccc2[nH]1)c1ccc([N+](=O)[O-])cc1. The first-order valence-corrected chi connectivity index (χ1v) is 8.79. The number of para-hydroxylation sites is 1. The van der Waals surface area contributed by atoms with E-state index < -0.39 is 10.8 Å². The first kappa shape index (κ1) is 18.2. The van der Waals surface area contributed by atoms with Crippen LogP contribution < -0.4 is 5.32 Å². The van der Waals surface area contributed by atoms with E-state index in [9.17, 15) is 19.7 Å². The van der Waals surface area contributed by atoms with Gasteiger partial charge in [-0.1, -0.05) is 12.1 Å². The molecule has 0 spiro atoms. The van der Waals surface area contributed by atoms with E-state index in [1.165, 1.54) is 24.3 Å².